The van der Waals surface area contributed by atoms with Gasteiger partial charge in [-0.2, -0.15) is 4.98 Å². The molecule has 2 aromatic rings. The first kappa shape index (κ1) is 13.8. The molecule has 1 saturated heterocycles. The summed E-state index contributed by atoms with van der Waals surface area (Å²) in [6.07, 6.45) is 0.402. The minimum absolute atomic E-state index is 0.0585. The van der Waals surface area contributed by atoms with Crippen molar-refractivity contribution in [2.45, 2.75) is 19.9 Å². The van der Waals surface area contributed by atoms with Crippen LogP contribution in [-0.4, -0.2) is 40.7 Å². The number of hydrogen-bond acceptors (Lipinski definition) is 5. The molecule has 0 radical (unpaired) electrons. The summed E-state index contributed by atoms with van der Waals surface area (Å²) in [6.45, 7) is 3.92. The van der Waals surface area contributed by atoms with Crippen molar-refractivity contribution >= 4 is 5.91 Å². The predicted octanol–water partition coefficient (Wildman–Crippen LogP) is 1.79. The molecule has 0 bridgehead atoms. The quantitative estimate of drug-likeness (QED) is 0.861. The van der Waals surface area contributed by atoms with Gasteiger partial charge in [-0.3, -0.25) is 4.79 Å². The molecular weight excluding hydrogens is 270 g/mol. The summed E-state index contributed by atoms with van der Waals surface area (Å²) >= 11 is 0. The Bertz CT molecular complexity index is 639. The third-order valence-corrected chi connectivity index (χ3v) is 3.50. The van der Waals surface area contributed by atoms with Crippen molar-refractivity contribution in [3.63, 3.8) is 0 Å². The van der Waals surface area contributed by atoms with E-state index < -0.39 is 0 Å². The first-order chi connectivity index (χ1) is 10.2. The highest BCUT2D eigenvalue weighted by Crippen LogP contribution is 2.20. The van der Waals surface area contributed by atoms with Crippen molar-refractivity contribution in [2.75, 3.05) is 19.8 Å². The maximum absolute atomic E-state index is 11.9. The first-order valence-corrected chi connectivity index (χ1v) is 6.98. The van der Waals surface area contributed by atoms with Gasteiger partial charge in [0.15, 0.2) is 0 Å². The minimum Gasteiger partial charge on any atom is -0.379 e. The van der Waals surface area contributed by atoms with Crippen molar-refractivity contribution in [2.24, 2.45) is 0 Å². The lowest BCUT2D eigenvalue weighted by Gasteiger charge is -2.16. The smallest absolute Gasteiger partial charge is 0.246 e. The second-order valence-corrected chi connectivity index (χ2v) is 5.00. The van der Waals surface area contributed by atoms with E-state index in [1.807, 2.05) is 31.2 Å². The van der Waals surface area contributed by atoms with Crippen LogP contribution < -0.4 is 0 Å². The Morgan fingerprint density at radius 2 is 2.14 bits per heavy atom. The van der Waals surface area contributed by atoms with Crippen LogP contribution in [0.2, 0.25) is 0 Å². The molecule has 110 valence electrons. The largest absolute Gasteiger partial charge is 0.379 e. The van der Waals surface area contributed by atoms with Crippen molar-refractivity contribution in [3.8, 4) is 11.4 Å². The summed E-state index contributed by atoms with van der Waals surface area (Å²) in [5.41, 5.74) is 2.03. The Balaban J connectivity index is 1.76. The molecule has 1 amide bonds. The third-order valence-electron chi connectivity index (χ3n) is 3.50. The molecular formula is C15H17N3O3. The Labute approximate surface area is 122 Å². The molecule has 1 aromatic carbocycles. The van der Waals surface area contributed by atoms with E-state index in [0.29, 0.717) is 44.4 Å². The lowest BCUT2D eigenvalue weighted by Crippen LogP contribution is -2.31. The van der Waals surface area contributed by atoms with Crippen LogP contribution in [0.1, 0.15) is 17.9 Å². The number of ether oxygens (including phenoxy) is 1. The van der Waals surface area contributed by atoms with Gasteiger partial charge in [-0.15, -0.1) is 0 Å². The van der Waals surface area contributed by atoms with E-state index in [1.165, 1.54) is 0 Å². The lowest BCUT2D eigenvalue weighted by atomic mass is 10.1. The fourth-order valence-corrected chi connectivity index (χ4v) is 2.30. The maximum Gasteiger partial charge on any atom is 0.246 e. The van der Waals surface area contributed by atoms with E-state index in [2.05, 4.69) is 10.1 Å². The van der Waals surface area contributed by atoms with Crippen molar-refractivity contribution < 1.29 is 14.1 Å². The molecule has 0 unspecified atom stereocenters. The van der Waals surface area contributed by atoms with E-state index in [-0.39, 0.29) is 5.91 Å². The van der Waals surface area contributed by atoms with Crippen molar-refractivity contribution in [3.05, 3.63) is 35.7 Å². The van der Waals surface area contributed by atoms with Crippen molar-refractivity contribution in [1.29, 1.82) is 0 Å². The molecule has 6 nitrogen and oxygen atoms in total. The number of aromatic nitrogens is 2. The van der Waals surface area contributed by atoms with Gasteiger partial charge in [0, 0.05) is 12.1 Å². The summed E-state index contributed by atoms with van der Waals surface area (Å²) in [5, 5.41) is 4.01. The zero-order valence-corrected chi connectivity index (χ0v) is 11.9. The van der Waals surface area contributed by atoms with Crippen LogP contribution in [0.15, 0.2) is 28.8 Å². The van der Waals surface area contributed by atoms with Gasteiger partial charge in [0.1, 0.15) is 6.54 Å². The van der Waals surface area contributed by atoms with Gasteiger partial charge < -0.3 is 14.2 Å². The van der Waals surface area contributed by atoms with E-state index >= 15 is 0 Å². The summed E-state index contributed by atoms with van der Waals surface area (Å²) in [5.74, 6) is 1.06. The summed E-state index contributed by atoms with van der Waals surface area (Å²) in [7, 11) is 0. The molecule has 2 heterocycles. The normalized spacial score (nSPS) is 16.0. The van der Waals surface area contributed by atoms with Gasteiger partial charge in [-0.1, -0.05) is 29.4 Å². The van der Waals surface area contributed by atoms with E-state index in [1.54, 1.807) is 4.90 Å². The highest BCUT2D eigenvalue weighted by molar-refractivity contribution is 5.76. The second-order valence-electron chi connectivity index (χ2n) is 5.00. The molecule has 3 rings (SSSR count). The van der Waals surface area contributed by atoms with Gasteiger partial charge in [0.2, 0.25) is 17.6 Å². The molecule has 0 N–H and O–H groups in total. The monoisotopic (exact) mass is 287 g/mol. The van der Waals surface area contributed by atoms with Crippen LogP contribution in [0.25, 0.3) is 11.4 Å². The molecule has 1 aromatic heterocycles. The standard InChI is InChI=1S/C15H17N3O3/c1-11-4-2-3-5-12(11)15-16-13(21-17-15)10-18-7-9-20-8-6-14(18)19/h2-5H,6-10H2,1H3. The lowest BCUT2D eigenvalue weighted by molar-refractivity contribution is -0.131. The number of aryl methyl sites for hydroxylation is 1. The molecule has 6 heteroatoms. The average Bonchev–Trinajstić information content (AvgIpc) is 2.85. The van der Waals surface area contributed by atoms with Crippen molar-refractivity contribution in [1.82, 2.24) is 15.0 Å². The van der Waals surface area contributed by atoms with Gasteiger partial charge in [-0.25, -0.2) is 0 Å². The minimum atomic E-state index is 0.0585. The molecule has 0 aliphatic carbocycles. The number of amides is 1. The molecule has 1 aliphatic rings. The van der Waals surface area contributed by atoms with Gasteiger partial charge in [0.05, 0.1) is 19.6 Å². The zero-order valence-electron chi connectivity index (χ0n) is 11.9. The summed E-state index contributed by atoms with van der Waals surface area (Å²) in [6, 6.07) is 7.86. The van der Waals surface area contributed by atoms with Crippen LogP contribution in [0.3, 0.4) is 0 Å². The topological polar surface area (TPSA) is 68.5 Å². The molecule has 21 heavy (non-hydrogen) atoms. The zero-order chi connectivity index (χ0) is 14.7. The molecule has 0 spiro atoms. The number of benzene rings is 1. The number of carbonyl (C=O) groups excluding carboxylic acids is 1. The molecule has 1 fully saturated rings. The third kappa shape index (κ3) is 3.11. The summed E-state index contributed by atoms with van der Waals surface area (Å²) in [4.78, 5) is 18.0. The number of carbonyl (C=O) groups is 1. The van der Waals surface area contributed by atoms with Crippen LogP contribution in [-0.2, 0) is 16.1 Å². The Morgan fingerprint density at radius 3 is 3.00 bits per heavy atom. The van der Waals surface area contributed by atoms with Gasteiger partial charge in [0.25, 0.3) is 0 Å². The second kappa shape index (κ2) is 6.05. The maximum atomic E-state index is 11.9. The molecule has 0 saturated carbocycles. The molecule has 1 aliphatic heterocycles. The molecule has 0 atom stereocenters. The van der Waals surface area contributed by atoms with Crippen LogP contribution >= 0.6 is 0 Å². The summed E-state index contributed by atoms with van der Waals surface area (Å²) < 4.78 is 10.6. The number of nitrogens with zero attached hydrogens (tertiary/aromatic N) is 3. The van der Waals surface area contributed by atoms with Gasteiger partial charge in [-0.05, 0) is 12.5 Å². The number of hydrogen-bond donors (Lipinski definition) is 0. The average molecular weight is 287 g/mol. The Morgan fingerprint density at radius 1 is 1.29 bits per heavy atom. The van der Waals surface area contributed by atoms with Crippen LogP contribution in [0, 0.1) is 6.92 Å². The fraction of sp³-hybridized carbons (Fsp3) is 0.400. The van der Waals surface area contributed by atoms with E-state index in [9.17, 15) is 4.79 Å². The van der Waals surface area contributed by atoms with Crippen LogP contribution in [0.4, 0.5) is 0 Å². The number of rotatable bonds is 3. The highest BCUT2D eigenvalue weighted by Gasteiger charge is 2.20. The fourth-order valence-electron chi connectivity index (χ4n) is 2.30. The predicted molar refractivity (Wildman–Crippen MR) is 75.3 cm³/mol. The first-order valence-electron chi connectivity index (χ1n) is 6.98. The van der Waals surface area contributed by atoms with Gasteiger partial charge >= 0.3 is 0 Å². The van der Waals surface area contributed by atoms with E-state index in [0.717, 1.165) is 11.1 Å². The van der Waals surface area contributed by atoms with E-state index in [4.69, 9.17) is 9.26 Å². The highest BCUT2D eigenvalue weighted by atomic mass is 16.5. The van der Waals surface area contributed by atoms with Crippen LogP contribution in [0.5, 0.6) is 0 Å². The SMILES string of the molecule is Cc1ccccc1-c1noc(CN2CCOCCC2=O)n1. The Kier molecular flexibility index (Phi) is 3.96. The Hall–Kier alpha value is -2.21.